The van der Waals surface area contributed by atoms with Crippen molar-refractivity contribution < 1.29 is 9.53 Å². The zero-order chi connectivity index (χ0) is 13.3. The summed E-state index contributed by atoms with van der Waals surface area (Å²) in [5, 5.41) is 9.01. The smallest absolute Gasteiger partial charge is 0.306 e. The van der Waals surface area contributed by atoms with E-state index in [1.807, 2.05) is 20.8 Å². The van der Waals surface area contributed by atoms with Gasteiger partial charge in [-0.3, -0.25) is 4.79 Å². The quantitative estimate of drug-likeness (QED) is 0.718. The van der Waals surface area contributed by atoms with Crippen LogP contribution in [0.15, 0.2) is 0 Å². The molecule has 0 amide bonds. The van der Waals surface area contributed by atoms with Crippen molar-refractivity contribution in [2.24, 2.45) is 23.2 Å². The third-order valence-electron chi connectivity index (χ3n) is 4.93. The first-order valence-corrected chi connectivity index (χ1v) is 7.03. The van der Waals surface area contributed by atoms with E-state index in [0.29, 0.717) is 12.3 Å². The van der Waals surface area contributed by atoms with Gasteiger partial charge in [0, 0.05) is 6.42 Å². The average molecular weight is 249 g/mol. The maximum Gasteiger partial charge on any atom is 0.306 e. The van der Waals surface area contributed by atoms with Crippen LogP contribution in [0.1, 0.15) is 52.9 Å². The van der Waals surface area contributed by atoms with E-state index in [1.54, 1.807) is 0 Å². The van der Waals surface area contributed by atoms with Gasteiger partial charge in [0.2, 0.25) is 0 Å². The van der Waals surface area contributed by atoms with Gasteiger partial charge < -0.3 is 4.74 Å². The van der Waals surface area contributed by atoms with Crippen LogP contribution in [0.4, 0.5) is 0 Å². The Labute approximate surface area is 110 Å². The van der Waals surface area contributed by atoms with Crippen LogP contribution in [0, 0.1) is 34.5 Å². The molecule has 0 saturated heterocycles. The van der Waals surface area contributed by atoms with Gasteiger partial charge in [0.1, 0.15) is 6.10 Å². The number of rotatable bonds is 4. The highest BCUT2D eigenvalue weighted by molar-refractivity contribution is 5.70. The van der Waals surface area contributed by atoms with Crippen LogP contribution >= 0.6 is 0 Å². The SMILES string of the molecule is C[C@@H](OC(=O)C[C@@H]1C[C@H]2CC[C@H]1C2)C(C)(C)C#N. The highest BCUT2D eigenvalue weighted by atomic mass is 16.5. The first-order chi connectivity index (χ1) is 8.42. The van der Waals surface area contributed by atoms with Crippen LogP contribution in [0.25, 0.3) is 0 Å². The van der Waals surface area contributed by atoms with E-state index >= 15 is 0 Å². The number of ether oxygens (including phenoxy) is 1. The molecule has 4 atom stereocenters. The van der Waals surface area contributed by atoms with Crippen molar-refractivity contribution in [3.05, 3.63) is 0 Å². The second kappa shape index (κ2) is 4.91. The predicted octanol–water partition coefficient (Wildman–Crippen LogP) is 3.29. The van der Waals surface area contributed by atoms with Crippen LogP contribution in [0.2, 0.25) is 0 Å². The van der Waals surface area contributed by atoms with Crippen LogP contribution in [-0.2, 0) is 9.53 Å². The van der Waals surface area contributed by atoms with Gasteiger partial charge >= 0.3 is 5.97 Å². The lowest BCUT2D eigenvalue weighted by Crippen LogP contribution is -2.31. The van der Waals surface area contributed by atoms with Gasteiger partial charge in [-0.2, -0.15) is 5.26 Å². The summed E-state index contributed by atoms with van der Waals surface area (Å²) >= 11 is 0. The summed E-state index contributed by atoms with van der Waals surface area (Å²) < 4.78 is 5.41. The topological polar surface area (TPSA) is 50.1 Å². The van der Waals surface area contributed by atoms with Crippen molar-refractivity contribution in [3.8, 4) is 6.07 Å². The molecule has 0 spiro atoms. The summed E-state index contributed by atoms with van der Waals surface area (Å²) in [5.41, 5.74) is -0.607. The Morgan fingerprint density at radius 3 is 2.67 bits per heavy atom. The summed E-state index contributed by atoms with van der Waals surface area (Å²) in [7, 11) is 0. The number of fused-ring (bicyclic) bond motifs is 2. The Kier molecular flexibility index (Phi) is 3.66. The Morgan fingerprint density at radius 2 is 2.17 bits per heavy atom. The molecule has 0 aromatic heterocycles. The maximum atomic E-state index is 11.9. The molecule has 0 aliphatic heterocycles. The zero-order valence-corrected chi connectivity index (χ0v) is 11.6. The van der Waals surface area contributed by atoms with Crippen molar-refractivity contribution >= 4 is 5.97 Å². The molecule has 2 fully saturated rings. The molecular formula is C15H23NO2. The summed E-state index contributed by atoms with van der Waals surface area (Å²) in [4.78, 5) is 11.9. The Balaban J connectivity index is 1.81. The molecule has 100 valence electrons. The molecule has 3 nitrogen and oxygen atoms in total. The Bertz CT molecular complexity index is 369. The lowest BCUT2D eigenvalue weighted by atomic mass is 9.86. The molecule has 0 aromatic carbocycles. The molecular weight excluding hydrogens is 226 g/mol. The summed E-state index contributed by atoms with van der Waals surface area (Å²) in [6.07, 6.45) is 5.38. The molecule has 2 aliphatic carbocycles. The van der Waals surface area contributed by atoms with Crippen molar-refractivity contribution in [1.82, 2.24) is 0 Å². The molecule has 0 N–H and O–H groups in total. The molecule has 0 aromatic rings. The van der Waals surface area contributed by atoms with Gasteiger partial charge in [0.15, 0.2) is 0 Å². The number of hydrogen-bond acceptors (Lipinski definition) is 3. The molecule has 0 heterocycles. The van der Waals surface area contributed by atoms with Gasteiger partial charge in [-0.1, -0.05) is 6.42 Å². The zero-order valence-electron chi connectivity index (χ0n) is 11.6. The van der Waals surface area contributed by atoms with Crippen molar-refractivity contribution in [1.29, 1.82) is 5.26 Å². The number of hydrogen-bond donors (Lipinski definition) is 0. The first-order valence-electron chi connectivity index (χ1n) is 7.03. The standard InChI is InChI=1S/C15H23NO2/c1-10(15(2,3)9-16)18-14(17)8-13-7-11-4-5-12(13)6-11/h10-13H,4-8H2,1-3H3/t10-,11+,12+,13+/m1/s1. The van der Waals surface area contributed by atoms with E-state index in [4.69, 9.17) is 10.00 Å². The van der Waals surface area contributed by atoms with Crippen molar-refractivity contribution in [2.75, 3.05) is 0 Å². The lowest BCUT2D eigenvalue weighted by molar-refractivity contribution is -0.153. The monoisotopic (exact) mass is 249 g/mol. The highest BCUT2D eigenvalue weighted by Crippen LogP contribution is 2.49. The molecule has 3 heteroatoms. The predicted molar refractivity (Wildman–Crippen MR) is 68.5 cm³/mol. The van der Waals surface area contributed by atoms with Gasteiger partial charge in [-0.05, 0) is 57.8 Å². The van der Waals surface area contributed by atoms with Gasteiger partial charge in [-0.25, -0.2) is 0 Å². The maximum absolute atomic E-state index is 11.9. The average Bonchev–Trinajstić information content (AvgIpc) is 2.90. The summed E-state index contributed by atoms with van der Waals surface area (Å²) in [6, 6.07) is 2.19. The Morgan fingerprint density at radius 1 is 1.44 bits per heavy atom. The molecule has 2 rings (SSSR count). The van der Waals surface area contributed by atoms with Crippen LogP contribution in [-0.4, -0.2) is 12.1 Å². The van der Waals surface area contributed by atoms with E-state index in [-0.39, 0.29) is 12.1 Å². The van der Waals surface area contributed by atoms with E-state index in [0.717, 1.165) is 11.8 Å². The minimum atomic E-state index is -0.607. The molecule has 0 unspecified atom stereocenters. The van der Waals surface area contributed by atoms with Gasteiger partial charge in [0.05, 0.1) is 11.5 Å². The van der Waals surface area contributed by atoms with Gasteiger partial charge in [0.25, 0.3) is 0 Å². The normalized spacial score (nSPS) is 32.0. The number of carbonyl (C=O) groups is 1. The second-order valence-electron chi connectivity index (χ2n) is 6.60. The van der Waals surface area contributed by atoms with Crippen molar-refractivity contribution in [2.45, 2.75) is 59.0 Å². The lowest BCUT2D eigenvalue weighted by Gasteiger charge is -2.26. The fourth-order valence-corrected chi connectivity index (χ4v) is 3.32. The minimum Gasteiger partial charge on any atom is -0.461 e. The number of carbonyl (C=O) groups excluding carboxylic acids is 1. The fourth-order valence-electron chi connectivity index (χ4n) is 3.32. The van der Waals surface area contributed by atoms with Crippen molar-refractivity contribution in [3.63, 3.8) is 0 Å². The molecule has 2 aliphatic rings. The number of esters is 1. The fraction of sp³-hybridized carbons (Fsp3) is 0.867. The van der Waals surface area contributed by atoms with E-state index in [9.17, 15) is 4.79 Å². The second-order valence-corrected chi connectivity index (χ2v) is 6.60. The van der Waals surface area contributed by atoms with Crippen LogP contribution in [0.5, 0.6) is 0 Å². The van der Waals surface area contributed by atoms with Gasteiger partial charge in [-0.15, -0.1) is 0 Å². The minimum absolute atomic E-state index is 0.122. The summed E-state index contributed by atoms with van der Waals surface area (Å²) in [5.74, 6) is 2.03. The third-order valence-corrected chi connectivity index (χ3v) is 4.93. The van der Waals surface area contributed by atoms with E-state index in [2.05, 4.69) is 6.07 Å². The van der Waals surface area contributed by atoms with Crippen LogP contribution in [0.3, 0.4) is 0 Å². The Hall–Kier alpha value is -1.04. The number of nitrogens with zero attached hydrogens (tertiary/aromatic N) is 1. The third kappa shape index (κ3) is 2.68. The van der Waals surface area contributed by atoms with Crippen LogP contribution < -0.4 is 0 Å². The number of nitriles is 1. The van der Waals surface area contributed by atoms with E-state index in [1.165, 1.54) is 25.7 Å². The molecule has 2 bridgehead atoms. The molecule has 0 radical (unpaired) electrons. The summed E-state index contributed by atoms with van der Waals surface area (Å²) in [6.45, 7) is 5.42. The highest BCUT2D eigenvalue weighted by Gasteiger charge is 2.41. The largest absolute Gasteiger partial charge is 0.461 e. The molecule has 2 saturated carbocycles. The molecule has 18 heavy (non-hydrogen) atoms. The van der Waals surface area contributed by atoms with E-state index < -0.39 is 5.41 Å². The first kappa shape index (κ1) is 13.4.